The first kappa shape index (κ1) is 26.9. The van der Waals surface area contributed by atoms with E-state index < -0.39 is 0 Å². The molecule has 2 aromatic heterocycles. The molecule has 7 nitrogen and oxygen atoms in total. The number of hydrogen-bond acceptors (Lipinski definition) is 5. The monoisotopic (exact) mass is 594 g/mol. The van der Waals surface area contributed by atoms with Gasteiger partial charge in [0.1, 0.15) is 24.0 Å². The van der Waals surface area contributed by atoms with Crippen LogP contribution in [0.4, 0.5) is 0 Å². The van der Waals surface area contributed by atoms with Crippen LogP contribution in [-0.2, 0) is 6.61 Å². The van der Waals surface area contributed by atoms with Crippen molar-refractivity contribution < 1.29 is 4.74 Å². The molecule has 4 N–H and O–H groups in total. The highest BCUT2D eigenvalue weighted by Gasteiger charge is 2.52. The van der Waals surface area contributed by atoms with Crippen molar-refractivity contribution in [1.29, 1.82) is 0 Å². The van der Waals surface area contributed by atoms with Crippen LogP contribution >= 0.6 is 0 Å². The van der Waals surface area contributed by atoms with Gasteiger partial charge in [0.25, 0.3) is 0 Å². The summed E-state index contributed by atoms with van der Waals surface area (Å²) in [6, 6.07) is 33.4. The van der Waals surface area contributed by atoms with E-state index in [2.05, 4.69) is 106 Å². The number of rotatable bonds is 8. The number of nitrogens with one attached hydrogen (secondary N) is 4. The van der Waals surface area contributed by atoms with Gasteiger partial charge in [-0.05, 0) is 115 Å². The fourth-order valence-corrected chi connectivity index (χ4v) is 7.75. The number of aromatic amines is 2. The number of imidazole rings is 2. The van der Waals surface area contributed by atoms with Crippen molar-refractivity contribution in [3.63, 3.8) is 0 Å². The third kappa shape index (κ3) is 5.10. The van der Waals surface area contributed by atoms with Crippen molar-refractivity contribution in [2.45, 2.75) is 62.1 Å². The molecule has 45 heavy (non-hydrogen) atoms. The summed E-state index contributed by atoms with van der Waals surface area (Å²) >= 11 is 0. The Morgan fingerprint density at radius 3 is 1.93 bits per heavy atom. The number of hydrogen-bond donors (Lipinski definition) is 4. The highest BCUT2D eigenvalue weighted by atomic mass is 16.5. The summed E-state index contributed by atoms with van der Waals surface area (Å²) < 4.78 is 6.12. The van der Waals surface area contributed by atoms with Crippen LogP contribution in [0.1, 0.15) is 89.4 Å². The minimum absolute atomic E-state index is 0.329. The average molecular weight is 595 g/mol. The fourth-order valence-electron chi connectivity index (χ4n) is 7.75. The summed E-state index contributed by atoms with van der Waals surface area (Å²) in [5.74, 6) is 4.13. The van der Waals surface area contributed by atoms with Gasteiger partial charge in [-0.25, -0.2) is 9.97 Å². The standard InChI is InChI=1S/C38H38N6O/c1-2-6-23(7-3-1)22-45-27-14-10-24(11-15-27)34-35(25-12-16-28-32(20-25)43-37(41-28)30-8-4-18-39-30)36(34)26-13-17-29-33(21-26)44-38(42-29)31-9-5-19-40-31/h1-3,6-7,10-17,20-21,30-31,34-36,39-40H,4-5,8-9,18-19,22H2,(H,41,43)(H,42,44)/t30-,31-,34?,35?,36?/m0/s1. The average Bonchev–Trinajstić information content (AvgIpc) is 3.70. The van der Waals surface area contributed by atoms with Gasteiger partial charge in [-0.1, -0.05) is 54.6 Å². The molecule has 9 rings (SSSR count). The molecule has 226 valence electrons. The first-order chi connectivity index (χ1) is 22.3. The topological polar surface area (TPSA) is 90.7 Å². The Balaban J connectivity index is 1.03. The second-order valence-electron chi connectivity index (χ2n) is 13.0. The zero-order valence-electron chi connectivity index (χ0n) is 25.3. The van der Waals surface area contributed by atoms with Crippen LogP contribution < -0.4 is 15.4 Å². The Kier molecular flexibility index (Phi) is 6.67. The Hall–Kier alpha value is -4.46. The number of H-pyrrole nitrogens is 2. The Morgan fingerprint density at radius 1 is 0.600 bits per heavy atom. The predicted octanol–water partition coefficient (Wildman–Crippen LogP) is 7.53. The molecule has 7 heteroatoms. The molecule has 2 aliphatic heterocycles. The number of aromatic nitrogens is 4. The molecule has 1 aliphatic carbocycles. The first-order valence-corrected chi connectivity index (χ1v) is 16.5. The first-order valence-electron chi connectivity index (χ1n) is 16.5. The van der Waals surface area contributed by atoms with Gasteiger partial charge in [0.05, 0.1) is 34.2 Å². The molecule has 3 aliphatic rings. The minimum Gasteiger partial charge on any atom is -0.489 e. The minimum atomic E-state index is 0.329. The van der Waals surface area contributed by atoms with Gasteiger partial charge in [0, 0.05) is 0 Å². The lowest BCUT2D eigenvalue weighted by molar-refractivity contribution is 0.306. The second-order valence-corrected chi connectivity index (χ2v) is 13.0. The molecule has 3 unspecified atom stereocenters. The second kappa shape index (κ2) is 11.2. The maximum atomic E-state index is 6.12. The summed E-state index contributed by atoms with van der Waals surface area (Å²) in [7, 11) is 0. The van der Waals surface area contributed by atoms with E-state index in [9.17, 15) is 0 Å². The molecule has 1 saturated carbocycles. The summed E-state index contributed by atoms with van der Waals surface area (Å²) in [6.45, 7) is 2.70. The van der Waals surface area contributed by atoms with E-state index in [0.717, 1.165) is 65.4 Å². The number of fused-ring (bicyclic) bond motifs is 2. The maximum Gasteiger partial charge on any atom is 0.124 e. The van der Waals surface area contributed by atoms with E-state index in [1.54, 1.807) is 0 Å². The third-order valence-corrected chi connectivity index (χ3v) is 10.1. The lowest BCUT2D eigenvalue weighted by atomic mass is 10.0. The van der Waals surface area contributed by atoms with Gasteiger partial charge in [0.2, 0.25) is 0 Å². The molecule has 0 radical (unpaired) electrons. The van der Waals surface area contributed by atoms with Crippen LogP contribution in [0.25, 0.3) is 22.1 Å². The highest BCUT2D eigenvalue weighted by Crippen LogP contribution is 2.66. The SMILES string of the molecule is c1ccc(COc2ccc(C3C(c4ccc5[nH]c([C@@H]6CCCN6)nc5c4)C3c3ccc4nc([C@@H]5CCCN5)[nH]c4c3)cc2)cc1. The van der Waals surface area contributed by atoms with E-state index in [1.165, 1.54) is 35.1 Å². The van der Waals surface area contributed by atoms with E-state index in [4.69, 9.17) is 14.7 Å². The molecule has 5 atom stereocenters. The number of ether oxygens (including phenoxy) is 1. The van der Waals surface area contributed by atoms with Gasteiger partial charge in [-0.15, -0.1) is 0 Å². The molecule has 4 heterocycles. The summed E-state index contributed by atoms with van der Waals surface area (Å²) in [5.41, 5.74) is 9.56. The zero-order valence-corrected chi connectivity index (χ0v) is 25.3. The van der Waals surface area contributed by atoms with Crippen LogP contribution in [0.3, 0.4) is 0 Å². The van der Waals surface area contributed by atoms with Gasteiger partial charge < -0.3 is 25.3 Å². The van der Waals surface area contributed by atoms with Crippen molar-refractivity contribution in [3.05, 3.63) is 125 Å². The largest absolute Gasteiger partial charge is 0.489 e. The van der Waals surface area contributed by atoms with Crippen molar-refractivity contribution in [3.8, 4) is 5.75 Å². The normalized spacial score (nSPS) is 24.5. The van der Waals surface area contributed by atoms with Crippen LogP contribution in [0.2, 0.25) is 0 Å². The van der Waals surface area contributed by atoms with Crippen LogP contribution in [0.15, 0.2) is 91.0 Å². The Bertz CT molecular complexity index is 1850. The van der Waals surface area contributed by atoms with Gasteiger partial charge in [-0.3, -0.25) is 0 Å². The van der Waals surface area contributed by atoms with Gasteiger partial charge in [0.15, 0.2) is 0 Å². The fraction of sp³-hybridized carbons (Fsp3) is 0.316. The molecule has 3 fully saturated rings. The molecule has 2 saturated heterocycles. The Labute approximate surface area is 262 Å². The maximum absolute atomic E-state index is 6.12. The molecular weight excluding hydrogens is 556 g/mol. The molecular formula is C38H38N6O. The smallest absolute Gasteiger partial charge is 0.124 e. The molecule has 4 aromatic carbocycles. The van der Waals surface area contributed by atoms with Crippen LogP contribution in [0, 0.1) is 0 Å². The lowest BCUT2D eigenvalue weighted by Crippen LogP contribution is -2.13. The molecule has 6 aromatic rings. The van der Waals surface area contributed by atoms with Crippen LogP contribution in [0.5, 0.6) is 5.75 Å². The van der Waals surface area contributed by atoms with Gasteiger partial charge in [-0.2, -0.15) is 0 Å². The zero-order chi connectivity index (χ0) is 29.7. The van der Waals surface area contributed by atoms with Crippen LogP contribution in [-0.4, -0.2) is 33.0 Å². The summed E-state index contributed by atoms with van der Waals surface area (Å²) in [4.78, 5) is 17.2. The summed E-state index contributed by atoms with van der Waals surface area (Å²) in [5, 5.41) is 7.16. The van der Waals surface area contributed by atoms with Crippen molar-refractivity contribution >= 4 is 22.1 Å². The molecule has 0 spiro atoms. The van der Waals surface area contributed by atoms with Gasteiger partial charge >= 0.3 is 0 Å². The van der Waals surface area contributed by atoms with E-state index >= 15 is 0 Å². The third-order valence-electron chi connectivity index (χ3n) is 10.1. The highest BCUT2D eigenvalue weighted by molar-refractivity contribution is 5.78. The van der Waals surface area contributed by atoms with Crippen molar-refractivity contribution in [2.24, 2.45) is 0 Å². The van der Waals surface area contributed by atoms with E-state index in [1.807, 2.05) is 6.07 Å². The van der Waals surface area contributed by atoms with Crippen molar-refractivity contribution in [2.75, 3.05) is 13.1 Å². The van der Waals surface area contributed by atoms with Crippen molar-refractivity contribution in [1.82, 2.24) is 30.6 Å². The quantitative estimate of drug-likeness (QED) is 0.146. The predicted molar refractivity (Wildman–Crippen MR) is 178 cm³/mol. The number of benzene rings is 4. The summed E-state index contributed by atoms with van der Waals surface area (Å²) in [6.07, 6.45) is 4.68. The lowest BCUT2D eigenvalue weighted by Gasteiger charge is -2.08. The van der Waals surface area contributed by atoms with E-state index in [-0.39, 0.29) is 0 Å². The van der Waals surface area contributed by atoms with E-state index in [0.29, 0.717) is 36.4 Å². The molecule has 0 bridgehead atoms. The molecule has 0 amide bonds. The number of nitrogens with zero attached hydrogens (tertiary/aromatic N) is 2. The Morgan fingerprint density at radius 2 is 1.22 bits per heavy atom.